The van der Waals surface area contributed by atoms with Crippen LogP contribution < -0.4 is 0 Å². The summed E-state index contributed by atoms with van der Waals surface area (Å²) >= 11 is 0. The number of hydrogen-bond donors (Lipinski definition) is 0. The topological polar surface area (TPSA) is 59.2 Å². The normalized spacial score (nSPS) is 15.6. The first kappa shape index (κ1) is 17.5. The van der Waals surface area contributed by atoms with E-state index in [0.717, 1.165) is 18.4 Å². The van der Waals surface area contributed by atoms with Crippen LogP contribution in [0, 0.1) is 6.92 Å². The van der Waals surface area contributed by atoms with Crippen LogP contribution in [0.5, 0.6) is 0 Å². The monoisotopic (exact) mass is 361 g/mol. The molecule has 0 saturated heterocycles. The number of fused-ring (bicyclic) bond motifs is 1. The zero-order chi connectivity index (χ0) is 18.8. The van der Waals surface area contributed by atoms with Gasteiger partial charge in [0.1, 0.15) is 0 Å². The smallest absolute Gasteiger partial charge is 0.227 e. The predicted molar refractivity (Wildman–Crippen MR) is 103 cm³/mol. The third-order valence-corrected chi connectivity index (χ3v) is 5.29. The second-order valence-electron chi connectivity index (χ2n) is 7.14. The molecule has 1 aromatic heterocycles. The zero-order valence-corrected chi connectivity index (χ0v) is 15.7. The number of hydrogen-bond acceptors (Lipinski definition) is 4. The quantitative estimate of drug-likeness (QED) is 0.686. The Kier molecular flexibility index (Phi) is 4.75. The van der Waals surface area contributed by atoms with E-state index in [1.807, 2.05) is 49.2 Å². The SMILES string of the molecule is Cc1ccc(-c2noc(CCC(=O)N(C)[C@@H]3CCc4ccccc43)n2)cc1. The molecule has 138 valence electrons. The summed E-state index contributed by atoms with van der Waals surface area (Å²) in [6, 6.07) is 16.5. The van der Waals surface area contributed by atoms with E-state index >= 15 is 0 Å². The van der Waals surface area contributed by atoms with Gasteiger partial charge in [-0.3, -0.25) is 4.79 Å². The minimum Gasteiger partial charge on any atom is -0.339 e. The van der Waals surface area contributed by atoms with Crippen LogP contribution in [0.2, 0.25) is 0 Å². The van der Waals surface area contributed by atoms with Gasteiger partial charge in [-0.15, -0.1) is 0 Å². The van der Waals surface area contributed by atoms with Crippen molar-refractivity contribution in [3.63, 3.8) is 0 Å². The van der Waals surface area contributed by atoms with Crippen molar-refractivity contribution in [1.29, 1.82) is 0 Å². The second-order valence-corrected chi connectivity index (χ2v) is 7.14. The highest BCUT2D eigenvalue weighted by molar-refractivity contribution is 5.76. The van der Waals surface area contributed by atoms with E-state index in [-0.39, 0.29) is 11.9 Å². The van der Waals surface area contributed by atoms with Crippen molar-refractivity contribution in [1.82, 2.24) is 15.0 Å². The van der Waals surface area contributed by atoms with Crippen LogP contribution in [0.25, 0.3) is 11.4 Å². The van der Waals surface area contributed by atoms with Crippen LogP contribution in [0.3, 0.4) is 0 Å². The Balaban J connectivity index is 1.38. The number of aryl methyl sites for hydroxylation is 3. The van der Waals surface area contributed by atoms with Crippen molar-refractivity contribution in [2.24, 2.45) is 0 Å². The van der Waals surface area contributed by atoms with Gasteiger partial charge in [-0.2, -0.15) is 4.98 Å². The average molecular weight is 361 g/mol. The molecule has 1 aliphatic rings. The average Bonchev–Trinajstić information content (AvgIpc) is 3.33. The van der Waals surface area contributed by atoms with Crippen LogP contribution in [0.15, 0.2) is 53.1 Å². The molecule has 0 aliphatic heterocycles. The Morgan fingerprint density at radius 3 is 2.78 bits per heavy atom. The van der Waals surface area contributed by atoms with Gasteiger partial charge < -0.3 is 9.42 Å². The van der Waals surface area contributed by atoms with Gasteiger partial charge in [-0.05, 0) is 30.9 Å². The highest BCUT2D eigenvalue weighted by atomic mass is 16.5. The largest absolute Gasteiger partial charge is 0.339 e. The molecule has 27 heavy (non-hydrogen) atoms. The molecule has 1 aliphatic carbocycles. The van der Waals surface area contributed by atoms with Crippen molar-refractivity contribution in [3.05, 3.63) is 71.1 Å². The number of aromatic nitrogens is 2. The third-order valence-electron chi connectivity index (χ3n) is 5.29. The Bertz CT molecular complexity index is 946. The maximum Gasteiger partial charge on any atom is 0.227 e. The van der Waals surface area contributed by atoms with E-state index in [4.69, 9.17) is 4.52 Å². The van der Waals surface area contributed by atoms with E-state index in [2.05, 4.69) is 28.3 Å². The first-order chi connectivity index (χ1) is 13.1. The molecular formula is C22H23N3O2. The summed E-state index contributed by atoms with van der Waals surface area (Å²) in [5.41, 5.74) is 4.72. The molecule has 1 amide bonds. The molecule has 4 rings (SSSR count). The summed E-state index contributed by atoms with van der Waals surface area (Å²) in [5, 5.41) is 4.04. The number of amides is 1. The van der Waals surface area contributed by atoms with Crippen molar-refractivity contribution < 1.29 is 9.32 Å². The highest BCUT2D eigenvalue weighted by Crippen LogP contribution is 2.35. The van der Waals surface area contributed by atoms with Gasteiger partial charge in [0, 0.05) is 25.5 Å². The van der Waals surface area contributed by atoms with Crippen LogP contribution in [-0.4, -0.2) is 28.0 Å². The van der Waals surface area contributed by atoms with Crippen LogP contribution in [-0.2, 0) is 17.6 Å². The van der Waals surface area contributed by atoms with Crippen LogP contribution >= 0.6 is 0 Å². The molecule has 3 aromatic rings. The molecular weight excluding hydrogens is 338 g/mol. The van der Waals surface area contributed by atoms with Crippen LogP contribution in [0.1, 0.15) is 41.5 Å². The molecule has 0 radical (unpaired) electrons. The van der Waals surface area contributed by atoms with E-state index in [1.54, 1.807) is 0 Å². The first-order valence-corrected chi connectivity index (χ1v) is 9.35. The number of carbonyl (C=O) groups excluding carboxylic acids is 1. The van der Waals surface area contributed by atoms with Gasteiger partial charge in [0.25, 0.3) is 0 Å². The van der Waals surface area contributed by atoms with Gasteiger partial charge in [-0.25, -0.2) is 0 Å². The molecule has 0 bridgehead atoms. The summed E-state index contributed by atoms with van der Waals surface area (Å²) in [6.45, 7) is 2.04. The van der Waals surface area contributed by atoms with Gasteiger partial charge in [0.05, 0.1) is 6.04 Å². The summed E-state index contributed by atoms with van der Waals surface area (Å²) < 4.78 is 5.33. The Morgan fingerprint density at radius 2 is 1.96 bits per heavy atom. The fourth-order valence-corrected chi connectivity index (χ4v) is 3.68. The molecule has 1 heterocycles. The first-order valence-electron chi connectivity index (χ1n) is 9.35. The number of carbonyl (C=O) groups is 1. The van der Waals surface area contributed by atoms with Crippen LogP contribution in [0.4, 0.5) is 0 Å². The van der Waals surface area contributed by atoms with Crippen molar-refractivity contribution in [2.45, 2.75) is 38.6 Å². The summed E-state index contributed by atoms with van der Waals surface area (Å²) in [4.78, 5) is 19.0. The van der Waals surface area contributed by atoms with E-state index in [1.165, 1.54) is 16.7 Å². The van der Waals surface area contributed by atoms with Crippen molar-refractivity contribution >= 4 is 5.91 Å². The van der Waals surface area contributed by atoms with E-state index < -0.39 is 0 Å². The minimum atomic E-state index is 0.104. The molecule has 5 heteroatoms. The van der Waals surface area contributed by atoms with Crippen molar-refractivity contribution in [3.8, 4) is 11.4 Å². The van der Waals surface area contributed by atoms with Gasteiger partial charge in [-0.1, -0.05) is 59.3 Å². The fourth-order valence-electron chi connectivity index (χ4n) is 3.68. The van der Waals surface area contributed by atoms with E-state index in [9.17, 15) is 4.79 Å². The van der Waals surface area contributed by atoms with Gasteiger partial charge in [0.2, 0.25) is 17.6 Å². The lowest BCUT2D eigenvalue weighted by Gasteiger charge is -2.25. The van der Waals surface area contributed by atoms with E-state index in [0.29, 0.717) is 24.6 Å². The standard InChI is InChI=1S/C22H23N3O2/c1-15-7-9-17(10-8-15)22-23-20(27-24-22)13-14-21(26)25(2)19-12-11-16-5-3-4-6-18(16)19/h3-10,19H,11-14H2,1-2H3/t19-/m1/s1. The third kappa shape index (κ3) is 3.63. The lowest BCUT2D eigenvalue weighted by molar-refractivity contribution is -0.132. The number of rotatable bonds is 5. The molecule has 0 fully saturated rings. The number of benzene rings is 2. The Morgan fingerprint density at radius 1 is 1.19 bits per heavy atom. The molecule has 0 N–H and O–H groups in total. The van der Waals surface area contributed by atoms with Gasteiger partial charge >= 0.3 is 0 Å². The summed E-state index contributed by atoms with van der Waals surface area (Å²) in [5.74, 6) is 1.17. The minimum absolute atomic E-state index is 0.104. The fraction of sp³-hybridized carbons (Fsp3) is 0.318. The summed E-state index contributed by atoms with van der Waals surface area (Å²) in [7, 11) is 1.89. The maximum absolute atomic E-state index is 12.7. The molecule has 5 nitrogen and oxygen atoms in total. The zero-order valence-electron chi connectivity index (χ0n) is 15.7. The predicted octanol–water partition coefficient (Wildman–Crippen LogP) is 4.12. The van der Waals surface area contributed by atoms with Crippen molar-refractivity contribution in [2.75, 3.05) is 7.05 Å². The lowest BCUT2D eigenvalue weighted by atomic mass is 10.1. The highest BCUT2D eigenvalue weighted by Gasteiger charge is 2.28. The Labute approximate surface area is 159 Å². The molecule has 2 aromatic carbocycles. The Hall–Kier alpha value is -2.95. The molecule has 0 unspecified atom stereocenters. The number of nitrogens with zero attached hydrogens (tertiary/aromatic N) is 3. The second kappa shape index (κ2) is 7.35. The maximum atomic E-state index is 12.7. The molecule has 1 atom stereocenters. The lowest BCUT2D eigenvalue weighted by Crippen LogP contribution is -2.30. The van der Waals surface area contributed by atoms with Gasteiger partial charge in [0.15, 0.2) is 0 Å². The molecule has 0 spiro atoms. The summed E-state index contributed by atoms with van der Waals surface area (Å²) in [6.07, 6.45) is 2.84. The molecule has 0 saturated carbocycles.